The van der Waals surface area contributed by atoms with Gasteiger partial charge in [-0.2, -0.15) is 5.10 Å². The zero-order valence-electron chi connectivity index (χ0n) is 13.9. The fraction of sp³-hybridized carbons (Fsp3) is 0.167. The van der Waals surface area contributed by atoms with Gasteiger partial charge in [-0.1, -0.05) is 0 Å². The second-order valence-corrected chi connectivity index (χ2v) is 6.38. The average molecular weight is 419 g/mol. The molecule has 0 aliphatic carbocycles. The minimum atomic E-state index is -0.732. The molecule has 6 nitrogen and oxygen atoms in total. The molecule has 0 aliphatic rings. The molecule has 0 fully saturated rings. The van der Waals surface area contributed by atoms with Crippen molar-refractivity contribution in [2.45, 2.75) is 19.6 Å². The Bertz CT molecular complexity index is 902. The fourth-order valence-electron chi connectivity index (χ4n) is 2.25. The first-order valence-corrected chi connectivity index (χ1v) is 8.66. The fourth-order valence-corrected chi connectivity index (χ4v) is 2.69. The van der Waals surface area contributed by atoms with E-state index in [0.717, 1.165) is 5.56 Å². The molecule has 0 radical (unpaired) electrons. The van der Waals surface area contributed by atoms with E-state index in [1.54, 1.807) is 30.2 Å². The van der Waals surface area contributed by atoms with Gasteiger partial charge in [-0.05, 0) is 64.8 Å². The largest absolute Gasteiger partial charge is 0.480 e. The number of aromatic nitrogens is 3. The quantitative estimate of drug-likeness (QED) is 0.666. The maximum Gasteiger partial charge on any atom is 0.261 e. The van der Waals surface area contributed by atoms with Crippen LogP contribution >= 0.6 is 15.9 Å². The molecule has 26 heavy (non-hydrogen) atoms. The Balaban J connectivity index is 1.59. The number of carbonyl (C=O) groups excluding carboxylic acids is 1. The minimum Gasteiger partial charge on any atom is -0.480 e. The average Bonchev–Trinajstić information content (AvgIpc) is 3.17. The van der Waals surface area contributed by atoms with Gasteiger partial charge < -0.3 is 10.1 Å². The van der Waals surface area contributed by atoms with Crippen LogP contribution in [0.25, 0.3) is 5.82 Å². The van der Waals surface area contributed by atoms with E-state index in [9.17, 15) is 9.18 Å². The molecule has 134 valence electrons. The first-order chi connectivity index (χ1) is 12.5. The van der Waals surface area contributed by atoms with Crippen molar-refractivity contribution in [3.05, 3.63) is 70.8 Å². The highest BCUT2D eigenvalue weighted by Crippen LogP contribution is 2.26. The van der Waals surface area contributed by atoms with E-state index in [2.05, 4.69) is 31.3 Å². The third-order valence-corrected chi connectivity index (χ3v) is 4.20. The molecule has 0 bridgehead atoms. The summed E-state index contributed by atoms with van der Waals surface area (Å²) in [6, 6.07) is 9.50. The van der Waals surface area contributed by atoms with Crippen molar-refractivity contribution in [2.75, 3.05) is 0 Å². The highest BCUT2D eigenvalue weighted by Gasteiger charge is 2.16. The minimum absolute atomic E-state index is 0.279. The monoisotopic (exact) mass is 418 g/mol. The van der Waals surface area contributed by atoms with Crippen LogP contribution in [0.1, 0.15) is 12.5 Å². The van der Waals surface area contributed by atoms with Crippen LogP contribution in [0.15, 0.2) is 59.5 Å². The van der Waals surface area contributed by atoms with E-state index in [1.165, 1.54) is 18.2 Å². The van der Waals surface area contributed by atoms with Gasteiger partial charge in [0.1, 0.15) is 11.6 Å². The molecule has 1 atom stereocenters. The summed E-state index contributed by atoms with van der Waals surface area (Å²) >= 11 is 3.22. The van der Waals surface area contributed by atoms with Crippen LogP contribution in [0.5, 0.6) is 5.75 Å². The predicted molar refractivity (Wildman–Crippen MR) is 97.4 cm³/mol. The molecule has 1 unspecified atom stereocenters. The number of ether oxygens (including phenoxy) is 1. The second-order valence-electron chi connectivity index (χ2n) is 5.53. The van der Waals surface area contributed by atoms with Gasteiger partial charge in [-0.15, -0.1) is 0 Å². The third-order valence-electron chi connectivity index (χ3n) is 3.58. The van der Waals surface area contributed by atoms with E-state index < -0.39 is 6.10 Å². The Morgan fingerprint density at radius 1 is 1.35 bits per heavy atom. The van der Waals surface area contributed by atoms with Gasteiger partial charge in [-0.25, -0.2) is 14.1 Å². The highest BCUT2D eigenvalue weighted by atomic mass is 79.9. The van der Waals surface area contributed by atoms with E-state index in [-0.39, 0.29) is 11.7 Å². The smallest absolute Gasteiger partial charge is 0.261 e. The lowest BCUT2D eigenvalue weighted by Crippen LogP contribution is -2.36. The number of nitrogens with zero attached hydrogens (tertiary/aromatic N) is 3. The molecule has 0 aliphatic heterocycles. The van der Waals surface area contributed by atoms with Gasteiger partial charge in [0.2, 0.25) is 0 Å². The highest BCUT2D eigenvalue weighted by molar-refractivity contribution is 9.10. The Kier molecular flexibility index (Phi) is 5.62. The van der Waals surface area contributed by atoms with Crippen LogP contribution in [-0.4, -0.2) is 26.8 Å². The SMILES string of the molecule is CC(Oc1ccc(F)cc1Br)C(=O)NCc1ccnc(-n2cccn2)c1. The predicted octanol–water partition coefficient (Wildman–Crippen LogP) is 3.25. The lowest BCUT2D eigenvalue weighted by molar-refractivity contribution is -0.127. The molecule has 2 aromatic heterocycles. The second kappa shape index (κ2) is 8.09. The van der Waals surface area contributed by atoms with Gasteiger partial charge in [0.25, 0.3) is 5.91 Å². The molecular weight excluding hydrogens is 403 g/mol. The number of hydrogen-bond donors (Lipinski definition) is 1. The van der Waals surface area contributed by atoms with E-state index >= 15 is 0 Å². The first-order valence-electron chi connectivity index (χ1n) is 7.87. The van der Waals surface area contributed by atoms with Crippen molar-refractivity contribution in [2.24, 2.45) is 0 Å². The Hall–Kier alpha value is -2.74. The Labute approximate surface area is 158 Å². The van der Waals surface area contributed by atoms with Gasteiger partial charge in [0.05, 0.1) is 4.47 Å². The number of hydrogen-bond acceptors (Lipinski definition) is 4. The Morgan fingerprint density at radius 3 is 2.92 bits per heavy atom. The molecule has 0 spiro atoms. The molecule has 2 heterocycles. The summed E-state index contributed by atoms with van der Waals surface area (Å²) in [4.78, 5) is 16.5. The van der Waals surface area contributed by atoms with Crippen molar-refractivity contribution >= 4 is 21.8 Å². The van der Waals surface area contributed by atoms with Crippen molar-refractivity contribution < 1.29 is 13.9 Å². The normalized spacial score (nSPS) is 11.8. The topological polar surface area (TPSA) is 69.0 Å². The van der Waals surface area contributed by atoms with Gasteiger partial charge in [-0.3, -0.25) is 4.79 Å². The summed E-state index contributed by atoms with van der Waals surface area (Å²) in [7, 11) is 0. The van der Waals surface area contributed by atoms with Crippen LogP contribution in [0.2, 0.25) is 0 Å². The maximum absolute atomic E-state index is 13.1. The molecule has 0 saturated carbocycles. The molecule has 8 heteroatoms. The molecule has 3 rings (SSSR count). The summed E-state index contributed by atoms with van der Waals surface area (Å²) in [5.74, 6) is 0.408. The van der Waals surface area contributed by atoms with E-state index in [1.807, 2.05) is 18.2 Å². The van der Waals surface area contributed by atoms with Gasteiger partial charge >= 0.3 is 0 Å². The van der Waals surface area contributed by atoms with Crippen LogP contribution in [0.4, 0.5) is 4.39 Å². The molecule has 3 aromatic rings. The summed E-state index contributed by atoms with van der Waals surface area (Å²) in [6.07, 6.45) is 4.39. The molecule has 0 saturated heterocycles. The van der Waals surface area contributed by atoms with E-state index in [4.69, 9.17) is 4.74 Å². The Morgan fingerprint density at radius 2 is 2.19 bits per heavy atom. The molecule has 1 N–H and O–H groups in total. The summed E-state index contributed by atoms with van der Waals surface area (Å²) in [5.41, 5.74) is 0.883. The zero-order chi connectivity index (χ0) is 18.5. The summed E-state index contributed by atoms with van der Waals surface area (Å²) in [5, 5.41) is 6.94. The van der Waals surface area contributed by atoms with Crippen LogP contribution in [0.3, 0.4) is 0 Å². The van der Waals surface area contributed by atoms with Crippen molar-refractivity contribution in [3.8, 4) is 11.6 Å². The van der Waals surface area contributed by atoms with Crippen LogP contribution in [-0.2, 0) is 11.3 Å². The number of rotatable bonds is 6. The van der Waals surface area contributed by atoms with Crippen LogP contribution < -0.4 is 10.1 Å². The number of halogens is 2. The molecular formula is C18H16BrFN4O2. The number of benzene rings is 1. The first kappa shape index (κ1) is 18.1. The molecule has 1 amide bonds. The van der Waals surface area contributed by atoms with Gasteiger partial charge in [0, 0.05) is 25.1 Å². The molecule has 1 aromatic carbocycles. The lowest BCUT2D eigenvalue weighted by Gasteiger charge is -2.16. The summed E-state index contributed by atoms with van der Waals surface area (Å²) in [6.45, 7) is 1.96. The lowest BCUT2D eigenvalue weighted by atomic mass is 10.2. The van der Waals surface area contributed by atoms with Crippen LogP contribution in [0, 0.1) is 5.82 Å². The number of nitrogens with one attached hydrogen (secondary N) is 1. The number of amides is 1. The zero-order valence-corrected chi connectivity index (χ0v) is 15.5. The third kappa shape index (κ3) is 4.45. The standard InChI is InChI=1S/C18H16BrFN4O2/c1-12(26-16-4-3-14(20)10-15(16)19)18(25)22-11-13-5-7-21-17(9-13)24-8-2-6-23-24/h2-10,12H,11H2,1H3,(H,22,25). The number of carbonyl (C=O) groups is 1. The van der Waals surface area contributed by atoms with Crippen molar-refractivity contribution in [3.63, 3.8) is 0 Å². The van der Waals surface area contributed by atoms with E-state index in [0.29, 0.717) is 22.6 Å². The van der Waals surface area contributed by atoms with Gasteiger partial charge in [0.15, 0.2) is 11.9 Å². The summed E-state index contributed by atoms with van der Waals surface area (Å²) < 4.78 is 20.8. The maximum atomic E-state index is 13.1. The van der Waals surface area contributed by atoms with Crippen molar-refractivity contribution in [1.82, 2.24) is 20.1 Å². The van der Waals surface area contributed by atoms with Crippen molar-refractivity contribution in [1.29, 1.82) is 0 Å². The number of pyridine rings is 1.